The summed E-state index contributed by atoms with van der Waals surface area (Å²) in [7, 11) is 4.05. The molecule has 1 fully saturated rings. The van der Waals surface area contributed by atoms with E-state index in [1.807, 2.05) is 32.4 Å². The Labute approximate surface area is 147 Å². The van der Waals surface area contributed by atoms with Crippen molar-refractivity contribution in [3.63, 3.8) is 0 Å². The molecule has 0 aliphatic carbocycles. The van der Waals surface area contributed by atoms with E-state index in [-0.39, 0.29) is 16.9 Å². The summed E-state index contributed by atoms with van der Waals surface area (Å²) in [5.74, 6) is 0.496. The first-order valence-corrected chi connectivity index (χ1v) is 8.55. The Hall–Kier alpha value is -1.56. The van der Waals surface area contributed by atoms with Crippen LogP contribution in [0.25, 0.3) is 0 Å². The summed E-state index contributed by atoms with van der Waals surface area (Å²) in [6.07, 6.45) is 3.96. The normalized spacial score (nSPS) is 18.5. The van der Waals surface area contributed by atoms with Gasteiger partial charge in [0.1, 0.15) is 11.6 Å². The van der Waals surface area contributed by atoms with E-state index in [4.69, 9.17) is 16.6 Å². The van der Waals surface area contributed by atoms with E-state index in [1.165, 1.54) is 6.07 Å². The van der Waals surface area contributed by atoms with Gasteiger partial charge in [-0.15, -0.1) is 0 Å². The van der Waals surface area contributed by atoms with Gasteiger partial charge in [0.05, 0.1) is 16.8 Å². The molecule has 0 saturated carbocycles. The number of rotatable bonds is 5. The van der Waals surface area contributed by atoms with Crippen molar-refractivity contribution in [3.8, 4) is 0 Å². The van der Waals surface area contributed by atoms with Crippen LogP contribution in [-0.4, -0.2) is 40.4 Å². The van der Waals surface area contributed by atoms with Crippen molar-refractivity contribution in [2.24, 2.45) is 0 Å². The van der Waals surface area contributed by atoms with Gasteiger partial charge in [-0.3, -0.25) is 4.90 Å². The SMILES string of the molecule is CN(C)Cc1ccnc([C@@H]2CCCN2Cc2ccc(Cl)c(F)c2)n1. The van der Waals surface area contributed by atoms with Gasteiger partial charge in [-0.05, 0) is 57.2 Å². The summed E-state index contributed by atoms with van der Waals surface area (Å²) in [6.45, 7) is 2.45. The van der Waals surface area contributed by atoms with Crippen LogP contribution in [0.1, 0.15) is 36.0 Å². The van der Waals surface area contributed by atoms with Gasteiger partial charge in [0.15, 0.2) is 0 Å². The molecule has 0 bridgehead atoms. The number of halogens is 2. The molecular weight excluding hydrogens is 327 g/mol. The minimum absolute atomic E-state index is 0.163. The highest BCUT2D eigenvalue weighted by molar-refractivity contribution is 6.30. The number of benzene rings is 1. The lowest BCUT2D eigenvalue weighted by Gasteiger charge is -2.24. The Balaban J connectivity index is 1.76. The van der Waals surface area contributed by atoms with Crippen molar-refractivity contribution in [1.82, 2.24) is 19.8 Å². The second kappa shape index (κ2) is 7.55. The number of hydrogen-bond donors (Lipinski definition) is 0. The predicted molar refractivity (Wildman–Crippen MR) is 93.2 cm³/mol. The fourth-order valence-corrected chi connectivity index (χ4v) is 3.28. The summed E-state index contributed by atoms with van der Waals surface area (Å²) >= 11 is 5.77. The first-order valence-electron chi connectivity index (χ1n) is 8.17. The molecule has 0 N–H and O–H groups in total. The average Bonchev–Trinajstić information content (AvgIpc) is 2.99. The maximum Gasteiger partial charge on any atom is 0.145 e. The van der Waals surface area contributed by atoms with Gasteiger partial charge in [0, 0.05) is 19.3 Å². The molecule has 1 saturated heterocycles. The quantitative estimate of drug-likeness (QED) is 0.825. The molecule has 2 aromatic rings. The van der Waals surface area contributed by atoms with Gasteiger partial charge < -0.3 is 4.90 Å². The molecule has 24 heavy (non-hydrogen) atoms. The molecule has 0 unspecified atom stereocenters. The van der Waals surface area contributed by atoms with Crippen LogP contribution in [0.3, 0.4) is 0 Å². The van der Waals surface area contributed by atoms with E-state index in [2.05, 4.69) is 14.8 Å². The maximum absolute atomic E-state index is 13.7. The van der Waals surface area contributed by atoms with Crippen LogP contribution < -0.4 is 0 Å². The fourth-order valence-electron chi connectivity index (χ4n) is 3.17. The maximum atomic E-state index is 13.7. The monoisotopic (exact) mass is 348 g/mol. The highest BCUT2D eigenvalue weighted by Crippen LogP contribution is 2.31. The Morgan fingerprint density at radius 3 is 2.92 bits per heavy atom. The molecule has 1 atom stereocenters. The van der Waals surface area contributed by atoms with Crippen LogP contribution >= 0.6 is 11.6 Å². The topological polar surface area (TPSA) is 32.3 Å². The third-order valence-corrected chi connectivity index (χ3v) is 4.55. The van der Waals surface area contributed by atoms with E-state index >= 15 is 0 Å². The predicted octanol–water partition coefficient (Wildman–Crippen LogP) is 3.67. The van der Waals surface area contributed by atoms with Gasteiger partial charge in [0.2, 0.25) is 0 Å². The van der Waals surface area contributed by atoms with Crippen molar-refractivity contribution in [3.05, 3.63) is 58.4 Å². The highest BCUT2D eigenvalue weighted by Gasteiger charge is 2.28. The molecule has 2 heterocycles. The van der Waals surface area contributed by atoms with Crippen molar-refractivity contribution in [2.75, 3.05) is 20.6 Å². The minimum atomic E-state index is -0.367. The van der Waals surface area contributed by atoms with Crippen molar-refractivity contribution >= 4 is 11.6 Å². The van der Waals surface area contributed by atoms with Gasteiger partial charge in [-0.25, -0.2) is 14.4 Å². The molecule has 4 nitrogen and oxygen atoms in total. The van der Waals surface area contributed by atoms with Gasteiger partial charge >= 0.3 is 0 Å². The van der Waals surface area contributed by atoms with E-state index in [1.54, 1.807) is 6.07 Å². The second-order valence-corrected chi connectivity index (χ2v) is 6.93. The number of likely N-dealkylation sites (tertiary alicyclic amines) is 1. The Morgan fingerprint density at radius 2 is 2.17 bits per heavy atom. The van der Waals surface area contributed by atoms with Crippen LogP contribution in [0, 0.1) is 5.82 Å². The lowest BCUT2D eigenvalue weighted by Crippen LogP contribution is -2.25. The third-order valence-electron chi connectivity index (χ3n) is 4.24. The molecule has 3 rings (SSSR count). The summed E-state index contributed by atoms with van der Waals surface area (Å²) < 4.78 is 13.7. The number of hydrogen-bond acceptors (Lipinski definition) is 4. The summed E-state index contributed by atoms with van der Waals surface area (Å²) in [5.41, 5.74) is 1.95. The lowest BCUT2D eigenvalue weighted by molar-refractivity contribution is 0.238. The first-order chi connectivity index (χ1) is 11.5. The standard InChI is InChI=1S/C18H22ClFN4/c1-23(2)12-14-7-8-21-18(22-14)17-4-3-9-24(17)11-13-5-6-15(19)16(20)10-13/h5-8,10,17H,3-4,9,11-12H2,1-2H3/t17-/m0/s1. The fraction of sp³-hybridized carbons (Fsp3) is 0.444. The minimum Gasteiger partial charge on any atom is -0.304 e. The van der Waals surface area contributed by atoms with Crippen LogP contribution in [0.2, 0.25) is 5.02 Å². The zero-order chi connectivity index (χ0) is 17.1. The second-order valence-electron chi connectivity index (χ2n) is 6.52. The summed E-state index contributed by atoms with van der Waals surface area (Å²) in [6, 6.07) is 7.15. The van der Waals surface area contributed by atoms with Crippen LogP contribution in [-0.2, 0) is 13.1 Å². The Kier molecular flexibility index (Phi) is 5.43. The molecule has 0 amide bonds. The van der Waals surface area contributed by atoms with Gasteiger partial charge in [0.25, 0.3) is 0 Å². The van der Waals surface area contributed by atoms with Crippen LogP contribution in [0.5, 0.6) is 0 Å². The molecule has 0 radical (unpaired) electrons. The van der Waals surface area contributed by atoms with E-state index in [0.29, 0.717) is 6.54 Å². The summed E-state index contributed by atoms with van der Waals surface area (Å²) in [5, 5.41) is 0.163. The van der Waals surface area contributed by atoms with E-state index in [9.17, 15) is 4.39 Å². The molecule has 128 valence electrons. The molecule has 1 aliphatic heterocycles. The van der Waals surface area contributed by atoms with Crippen molar-refractivity contribution in [2.45, 2.75) is 32.0 Å². The Morgan fingerprint density at radius 1 is 1.33 bits per heavy atom. The largest absolute Gasteiger partial charge is 0.304 e. The molecule has 1 aliphatic rings. The van der Waals surface area contributed by atoms with Gasteiger partial charge in [-0.2, -0.15) is 0 Å². The molecule has 1 aromatic heterocycles. The molecule has 1 aromatic carbocycles. The van der Waals surface area contributed by atoms with Gasteiger partial charge in [-0.1, -0.05) is 17.7 Å². The first kappa shape index (κ1) is 17.3. The lowest BCUT2D eigenvalue weighted by atomic mass is 10.1. The molecular formula is C18H22ClFN4. The number of nitrogens with zero attached hydrogens (tertiary/aromatic N) is 4. The van der Waals surface area contributed by atoms with E-state index < -0.39 is 0 Å². The Bertz CT molecular complexity index is 707. The zero-order valence-corrected chi connectivity index (χ0v) is 14.8. The smallest absolute Gasteiger partial charge is 0.145 e. The number of aromatic nitrogens is 2. The summed E-state index contributed by atoms with van der Waals surface area (Å²) in [4.78, 5) is 13.6. The third kappa shape index (κ3) is 4.09. The van der Waals surface area contributed by atoms with Crippen molar-refractivity contribution < 1.29 is 4.39 Å². The molecule has 0 spiro atoms. The van der Waals surface area contributed by atoms with E-state index in [0.717, 1.165) is 43.0 Å². The average molecular weight is 349 g/mol. The highest BCUT2D eigenvalue weighted by atomic mass is 35.5. The van der Waals surface area contributed by atoms with Crippen LogP contribution in [0.4, 0.5) is 4.39 Å². The van der Waals surface area contributed by atoms with Crippen LogP contribution in [0.15, 0.2) is 30.5 Å². The van der Waals surface area contributed by atoms with Crippen molar-refractivity contribution in [1.29, 1.82) is 0 Å². The molecule has 6 heteroatoms. The zero-order valence-electron chi connectivity index (χ0n) is 14.0.